The van der Waals surface area contributed by atoms with E-state index < -0.39 is 5.60 Å². The van der Waals surface area contributed by atoms with Gasteiger partial charge in [-0.1, -0.05) is 6.92 Å². The molecule has 3 aliphatic rings. The minimum Gasteiger partial charge on any atom is -0.444 e. The average molecular weight is 522 g/mol. The summed E-state index contributed by atoms with van der Waals surface area (Å²) in [6.45, 7) is 17.7. The van der Waals surface area contributed by atoms with Crippen molar-refractivity contribution in [3.8, 4) is 0 Å². The number of rotatable bonds is 4. The molecule has 2 fully saturated rings. The van der Waals surface area contributed by atoms with E-state index in [1.807, 2.05) is 25.7 Å². The summed E-state index contributed by atoms with van der Waals surface area (Å²) < 4.78 is 5.52. The second-order valence-corrected chi connectivity index (χ2v) is 9.53. The molecular weight excluding hydrogens is 483 g/mol. The molecule has 0 aromatic rings. The maximum Gasteiger partial charge on any atom is 0.410 e. The first-order valence-electron chi connectivity index (χ1n) is 10.6. The van der Waals surface area contributed by atoms with E-state index in [1.165, 1.54) is 0 Å². The topological polar surface area (TPSA) is 63.7 Å². The molecule has 2 atom stereocenters. The summed E-state index contributed by atoms with van der Waals surface area (Å²) in [6.07, 6.45) is -0.214. The highest BCUT2D eigenvalue weighted by atomic mass is 127. The summed E-state index contributed by atoms with van der Waals surface area (Å²) in [7, 11) is 2.19. The summed E-state index contributed by atoms with van der Waals surface area (Å²) in [4.78, 5) is 26.1. The number of aliphatic imine (C=N–C) groups is 1. The third kappa shape index (κ3) is 7.13. The van der Waals surface area contributed by atoms with Crippen LogP contribution in [-0.2, 0) is 4.74 Å². The van der Waals surface area contributed by atoms with Gasteiger partial charge in [0, 0.05) is 58.9 Å². The molecule has 8 nitrogen and oxygen atoms in total. The Hall–Kier alpha value is -0.810. The number of halogens is 1. The van der Waals surface area contributed by atoms with E-state index in [2.05, 4.69) is 34.0 Å². The van der Waals surface area contributed by atoms with Crippen LogP contribution >= 0.6 is 24.0 Å². The van der Waals surface area contributed by atoms with Crippen molar-refractivity contribution in [2.45, 2.75) is 39.3 Å². The molecule has 29 heavy (non-hydrogen) atoms. The first-order chi connectivity index (χ1) is 13.2. The highest BCUT2D eigenvalue weighted by Crippen LogP contribution is 2.18. The number of amides is 1. The number of likely N-dealkylation sites (N-methyl/N-ethyl adjacent to an activating group) is 1. The lowest BCUT2D eigenvalue weighted by Crippen LogP contribution is -2.58. The van der Waals surface area contributed by atoms with E-state index in [0.717, 1.165) is 58.3 Å². The summed E-state index contributed by atoms with van der Waals surface area (Å²) in [6, 6.07) is 0.261. The second-order valence-electron chi connectivity index (χ2n) is 9.53. The number of fused-ring (bicyclic) bond motifs is 1. The molecular formula is C20H39IN6O2. The zero-order valence-corrected chi connectivity index (χ0v) is 21.0. The van der Waals surface area contributed by atoms with Gasteiger partial charge in [-0.15, -0.1) is 24.0 Å². The third-order valence-corrected chi connectivity index (χ3v) is 5.63. The van der Waals surface area contributed by atoms with Gasteiger partial charge in [0.15, 0.2) is 5.96 Å². The van der Waals surface area contributed by atoms with E-state index in [9.17, 15) is 4.79 Å². The Kier molecular flexibility index (Phi) is 8.84. The Morgan fingerprint density at radius 2 is 1.90 bits per heavy atom. The van der Waals surface area contributed by atoms with Crippen molar-refractivity contribution in [3.63, 3.8) is 0 Å². The molecule has 0 aromatic carbocycles. The molecule has 1 amide bonds. The highest BCUT2D eigenvalue weighted by molar-refractivity contribution is 14.0. The monoisotopic (exact) mass is 522 g/mol. The first-order valence-corrected chi connectivity index (χ1v) is 10.6. The average Bonchev–Trinajstić information content (AvgIpc) is 3.03. The molecule has 0 saturated carbocycles. The molecule has 3 heterocycles. The smallest absolute Gasteiger partial charge is 0.410 e. The van der Waals surface area contributed by atoms with Crippen LogP contribution in [0.2, 0.25) is 0 Å². The molecule has 0 aromatic heterocycles. The number of carbonyl (C=O) groups excluding carboxylic acids is 1. The number of piperazine rings is 2. The van der Waals surface area contributed by atoms with E-state index in [4.69, 9.17) is 9.73 Å². The fourth-order valence-corrected chi connectivity index (χ4v) is 4.02. The number of nitrogens with zero attached hydrogens (tertiary/aromatic N) is 5. The van der Waals surface area contributed by atoms with Gasteiger partial charge in [0.2, 0.25) is 0 Å². The number of guanidine groups is 1. The Balaban J connectivity index is 0.00000300. The molecule has 3 rings (SSSR count). The quantitative estimate of drug-likeness (QED) is 0.563. The van der Waals surface area contributed by atoms with Crippen LogP contribution in [-0.4, -0.2) is 116 Å². The number of carbonyl (C=O) groups is 1. The number of hydrogen-bond donors (Lipinski definition) is 1. The maximum absolute atomic E-state index is 12.3. The van der Waals surface area contributed by atoms with Crippen molar-refractivity contribution in [2.24, 2.45) is 10.9 Å². The predicted molar refractivity (Wildman–Crippen MR) is 127 cm³/mol. The molecule has 168 valence electrons. The van der Waals surface area contributed by atoms with E-state index in [0.29, 0.717) is 19.0 Å². The van der Waals surface area contributed by atoms with Gasteiger partial charge < -0.3 is 29.7 Å². The lowest BCUT2D eigenvalue weighted by atomic mass is 10.1. The van der Waals surface area contributed by atoms with Crippen molar-refractivity contribution in [1.82, 2.24) is 24.9 Å². The molecule has 1 N–H and O–H groups in total. The van der Waals surface area contributed by atoms with Crippen molar-refractivity contribution >= 4 is 36.0 Å². The van der Waals surface area contributed by atoms with Crippen molar-refractivity contribution in [3.05, 3.63) is 0 Å². The normalized spacial score (nSPS) is 24.4. The summed E-state index contributed by atoms with van der Waals surface area (Å²) >= 11 is 0. The molecule has 0 aliphatic carbocycles. The molecule has 0 radical (unpaired) electrons. The van der Waals surface area contributed by atoms with Gasteiger partial charge in [0.05, 0.1) is 12.6 Å². The van der Waals surface area contributed by atoms with Crippen molar-refractivity contribution < 1.29 is 9.53 Å². The maximum atomic E-state index is 12.3. The third-order valence-electron chi connectivity index (χ3n) is 5.63. The van der Waals surface area contributed by atoms with Gasteiger partial charge >= 0.3 is 6.09 Å². The van der Waals surface area contributed by atoms with Gasteiger partial charge in [-0.2, -0.15) is 0 Å². The Bertz CT molecular complexity index is 574. The van der Waals surface area contributed by atoms with Crippen LogP contribution in [0.4, 0.5) is 4.79 Å². The molecule has 0 bridgehead atoms. The Morgan fingerprint density at radius 3 is 2.55 bits per heavy atom. The lowest BCUT2D eigenvalue weighted by molar-refractivity contribution is 0.0137. The van der Waals surface area contributed by atoms with E-state index in [-0.39, 0.29) is 36.1 Å². The van der Waals surface area contributed by atoms with Crippen LogP contribution in [0.25, 0.3) is 0 Å². The summed E-state index contributed by atoms with van der Waals surface area (Å²) in [5, 5.41) is 3.57. The van der Waals surface area contributed by atoms with Crippen molar-refractivity contribution in [2.75, 3.05) is 72.5 Å². The lowest BCUT2D eigenvalue weighted by Gasteiger charge is -2.39. The molecule has 3 aliphatic heterocycles. The van der Waals surface area contributed by atoms with Gasteiger partial charge in [-0.3, -0.25) is 4.99 Å². The molecule has 2 unspecified atom stereocenters. The predicted octanol–water partition coefficient (Wildman–Crippen LogP) is 1.37. The van der Waals surface area contributed by atoms with E-state index in [1.54, 1.807) is 0 Å². The van der Waals surface area contributed by atoms with Gasteiger partial charge in [-0.05, 0) is 33.7 Å². The SMILES string of the molecule is CC(CNC1=NCC2CN(C(=O)OC(C)(C)C)CCN12)CN1CCN(C)CC1.I. The van der Waals surface area contributed by atoms with Crippen LogP contribution in [0, 0.1) is 5.92 Å². The molecule has 0 spiro atoms. The summed E-state index contributed by atoms with van der Waals surface area (Å²) in [5.74, 6) is 1.58. The Morgan fingerprint density at radius 1 is 1.21 bits per heavy atom. The van der Waals surface area contributed by atoms with Gasteiger partial charge in [0.25, 0.3) is 0 Å². The van der Waals surface area contributed by atoms with Gasteiger partial charge in [0.1, 0.15) is 5.60 Å². The zero-order valence-electron chi connectivity index (χ0n) is 18.7. The minimum atomic E-state index is -0.451. The van der Waals surface area contributed by atoms with E-state index >= 15 is 0 Å². The zero-order chi connectivity index (χ0) is 20.3. The van der Waals surface area contributed by atoms with Crippen LogP contribution in [0.5, 0.6) is 0 Å². The van der Waals surface area contributed by atoms with Crippen LogP contribution in [0.15, 0.2) is 4.99 Å². The fourth-order valence-electron chi connectivity index (χ4n) is 4.02. The van der Waals surface area contributed by atoms with Crippen LogP contribution in [0.1, 0.15) is 27.7 Å². The number of ether oxygens (including phenoxy) is 1. The summed E-state index contributed by atoms with van der Waals surface area (Å²) in [5.41, 5.74) is -0.451. The first kappa shape index (κ1) is 24.5. The highest BCUT2D eigenvalue weighted by Gasteiger charge is 2.36. The molecule has 2 saturated heterocycles. The number of hydrogen-bond acceptors (Lipinski definition) is 7. The standard InChI is InChI=1S/C20H38N6O2.HI/c1-16(14-24-8-6-23(5)7-9-24)12-21-18-22-13-17-15-25(10-11-26(17)18)19(27)28-20(2,3)4;/h16-17H,6-15H2,1-5H3,(H,21,22);1H. The number of nitrogens with one attached hydrogen (secondary N) is 1. The van der Waals surface area contributed by atoms with Crippen LogP contribution in [0.3, 0.4) is 0 Å². The van der Waals surface area contributed by atoms with Crippen molar-refractivity contribution in [1.29, 1.82) is 0 Å². The van der Waals surface area contributed by atoms with Gasteiger partial charge in [-0.25, -0.2) is 4.79 Å². The largest absolute Gasteiger partial charge is 0.444 e. The Labute approximate surface area is 193 Å². The fraction of sp³-hybridized carbons (Fsp3) is 0.900. The minimum absolute atomic E-state index is 0. The second kappa shape index (κ2) is 10.5. The van der Waals surface area contributed by atoms with Crippen LogP contribution < -0.4 is 5.32 Å². The molecule has 9 heteroatoms.